The third kappa shape index (κ3) is 2.41. The van der Waals surface area contributed by atoms with Crippen LogP contribution in [-0.2, 0) is 0 Å². The molecule has 0 aliphatic heterocycles. The lowest BCUT2D eigenvalue weighted by atomic mass is 9.88. The zero-order valence-electron chi connectivity index (χ0n) is 11.1. The standard InChI is InChI=1S/C14H19N3O2/c1-17(8-11-7-9-2-3-10(11)6-9)14(19)12-4-5-13(18)16-15-12/h4-5,9-11H,2-3,6-8H2,1H3,(H,16,18). The molecule has 1 amide bonds. The molecule has 2 saturated carbocycles. The van der Waals surface area contributed by atoms with Crippen LogP contribution in [0.15, 0.2) is 16.9 Å². The molecule has 1 aromatic heterocycles. The molecule has 0 radical (unpaired) electrons. The van der Waals surface area contributed by atoms with E-state index >= 15 is 0 Å². The molecule has 5 nitrogen and oxygen atoms in total. The highest BCUT2D eigenvalue weighted by Crippen LogP contribution is 2.48. The van der Waals surface area contributed by atoms with Crippen LogP contribution in [0.5, 0.6) is 0 Å². The van der Waals surface area contributed by atoms with E-state index in [0.717, 1.165) is 18.4 Å². The molecule has 0 aromatic carbocycles. The van der Waals surface area contributed by atoms with Gasteiger partial charge in [-0.2, -0.15) is 5.10 Å². The maximum Gasteiger partial charge on any atom is 0.274 e. The summed E-state index contributed by atoms with van der Waals surface area (Å²) in [5.74, 6) is 2.24. The average Bonchev–Trinajstić information content (AvgIpc) is 3.01. The molecule has 102 valence electrons. The maximum absolute atomic E-state index is 12.2. The van der Waals surface area contributed by atoms with Gasteiger partial charge < -0.3 is 4.90 Å². The number of carbonyl (C=O) groups excluding carboxylic acids is 1. The summed E-state index contributed by atoms with van der Waals surface area (Å²) in [6.07, 6.45) is 5.32. The summed E-state index contributed by atoms with van der Waals surface area (Å²) in [4.78, 5) is 24.9. The van der Waals surface area contributed by atoms with Crippen molar-refractivity contribution in [2.75, 3.05) is 13.6 Å². The summed E-state index contributed by atoms with van der Waals surface area (Å²) < 4.78 is 0. The van der Waals surface area contributed by atoms with Crippen LogP contribution >= 0.6 is 0 Å². The SMILES string of the molecule is CN(CC1CC2CCC1C2)C(=O)c1ccc(=O)[nH]n1. The van der Waals surface area contributed by atoms with E-state index in [1.165, 1.54) is 37.8 Å². The van der Waals surface area contributed by atoms with E-state index in [1.807, 2.05) is 7.05 Å². The van der Waals surface area contributed by atoms with Gasteiger partial charge in [0.05, 0.1) is 0 Å². The minimum Gasteiger partial charge on any atom is -0.340 e. The third-order valence-electron chi connectivity index (χ3n) is 4.64. The molecule has 2 aliphatic carbocycles. The van der Waals surface area contributed by atoms with Gasteiger partial charge in [0.2, 0.25) is 0 Å². The number of carbonyl (C=O) groups is 1. The van der Waals surface area contributed by atoms with Crippen LogP contribution in [0.25, 0.3) is 0 Å². The zero-order chi connectivity index (χ0) is 13.4. The van der Waals surface area contributed by atoms with Gasteiger partial charge >= 0.3 is 0 Å². The summed E-state index contributed by atoms with van der Waals surface area (Å²) >= 11 is 0. The van der Waals surface area contributed by atoms with Gasteiger partial charge in [-0.05, 0) is 43.1 Å². The van der Waals surface area contributed by atoms with Crippen LogP contribution in [0.4, 0.5) is 0 Å². The molecule has 2 bridgehead atoms. The summed E-state index contributed by atoms with van der Waals surface area (Å²) in [5, 5.41) is 6.10. The first-order valence-corrected chi connectivity index (χ1v) is 6.94. The molecule has 1 heterocycles. The molecule has 2 fully saturated rings. The van der Waals surface area contributed by atoms with E-state index < -0.39 is 0 Å². The second-order valence-electron chi connectivity index (χ2n) is 5.93. The quantitative estimate of drug-likeness (QED) is 0.891. The molecule has 1 aromatic rings. The average molecular weight is 261 g/mol. The Morgan fingerprint density at radius 2 is 2.26 bits per heavy atom. The van der Waals surface area contributed by atoms with Crippen LogP contribution in [0.3, 0.4) is 0 Å². The molecule has 2 aliphatic rings. The van der Waals surface area contributed by atoms with E-state index in [1.54, 1.807) is 4.90 Å². The van der Waals surface area contributed by atoms with Crippen molar-refractivity contribution in [3.63, 3.8) is 0 Å². The van der Waals surface area contributed by atoms with Gasteiger partial charge in [0.1, 0.15) is 5.69 Å². The number of nitrogens with zero attached hydrogens (tertiary/aromatic N) is 2. The number of H-pyrrole nitrogens is 1. The van der Waals surface area contributed by atoms with Crippen LogP contribution in [0.1, 0.15) is 36.2 Å². The molecule has 5 heteroatoms. The van der Waals surface area contributed by atoms with Crippen molar-refractivity contribution in [2.24, 2.45) is 17.8 Å². The lowest BCUT2D eigenvalue weighted by Crippen LogP contribution is -2.34. The molecular weight excluding hydrogens is 242 g/mol. The summed E-state index contributed by atoms with van der Waals surface area (Å²) in [5.41, 5.74) is 0.0255. The first kappa shape index (κ1) is 12.4. The van der Waals surface area contributed by atoms with E-state index in [-0.39, 0.29) is 11.5 Å². The van der Waals surface area contributed by atoms with Gasteiger partial charge in [-0.15, -0.1) is 0 Å². The van der Waals surface area contributed by atoms with Gasteiger partial charge in [0.15, 0.2) is 0 Å². The lowest BCUT2D eigenvalue weighted by molar-refractivity contribution is 0.0747. The van der Waals surface area contributed by atoms with Crippen molar-refractivity contribution in [1.82, 2.24) is 15.1 Å². The Bertz CT molecular complexity index is 519. The Morgan fingerprint density at radius 3 is 2.84 bits per heavy atom. The second-order valence-corrected chi connectivity index (χ2v) is 5.93. The maximum atomic E-state index is 12.2. The van der Waals surface area contributed by atoms with Crippen LogP contribution < -0.4 is 5.56 Å². The van der Waals surface area contributed by atoms with Crippen molar-refractivity contribution in [2.45, 2.75) is 25.7 Å². The van der Waals surface area contributed by atoms with E-state index in [9.17, 15) is 9.59 Å². The molecule has 1 N–H and O–H groups in total. The number of hydrogen-bond acceptors (Lipinski definition) is 3. The molecule has 0 saturated heterocycles. The molecule has 3 rings (SSSR count). The number of aromatic nitrogens is 2. The predicted molar refractivity (Wildman–Crippen MR) is 70.8 cm³/mol. The monoisotopic (exact) mass is 261 g/mol. The van der Waals surface area contributed by atoms with Gasteiger partial charge in [-0.1, -0.05) is 6.42 Å². The zero-order valence-corrected chi connectivity index (χ0v) is 11.1. The fourth-order valence-corrected chi connectivity index (χ4v) is 3.69. The Morgan fingerprint density at radius 1 is 1.42 bits per heavy atom. The first-order valence-electron chi connectivity index (χ1n) is 6.94. The Balaban J connectivity index is 1.63. The number of fused-ring (bicyclic) bond motifs is 2. The number of hydrogen-bond donors (Lipinski definition) is 1. The molecular formula is C14H19N3O2. The smallest absolute Gasteiger partial charge is 0.274 e. The van der Waals surface area contributed by atoms with Crippen LogP contribution in [0.2, 0.25) is 0 Å². The van der Waals surface area contributed by atoms with Crippen molar-refractivity contribution in [3.8, 4) is 0 Å². The fourth-order valence-electron chi connectivity index (χ4n) is 3.69. The van der Waals surface area contributed by atoms with E-state index in [2.05, 4.69) is 10.2 Å². The highest BCUT2D eigenvalue weighted by molar-refractivity contribution is 5.91. The van der Waals surface area contributed by atoms with Gasteiger partial charge in [0.25, 0.3) is 11.5 Å². The summed E-state index contributed by atoms with van der Waals surface area (Å²) in [6, 6.07) is 2.82. The van der Waals surface area contributed by atoms with E-state index in [4.69, 9.17) is 0 Å². The molecule has 3 atom stereocenters. The minimum atomic E-state index is -0.285. The number of rotatable bonds is 3. The van der Waals surface area contributed by atoms with Gasteiger partial charge in [0, 0.05) is 19.7 Å². The summed E-state index contributed by atoms with van der Waals surface area (Å²) in [6.45, 7) is 0.806. The fraction of sp³-hybridized carbons (Fsp3) is 0.643. The van der Waals surface area contributed by atoms with Crippen molar-refractivity contribution in [3.05, 3.63) is 28.2 Å². The van der Waals surface area contributed by atoms with E-state index in [0.29, 0.717) is 11.6 Å². The Labute approximate surface area is 112 Å². The second kappa shape index (κ2) is 4.79. The number of amides is 1. The number of aromatic amines is 1. The third-order valence-corrected chi connectivity index (χ3v) is 4.64. The largest absolute Gasteiger partial charge is 0.340 e. The van der Waals surface area contributed by atoms with Crippen LogP contribution in [-0.4, -0.2) is 34.6 Å². The minimum absolute atomic E-state index is 0.112. The highest BCUT2D eigenvalue weighted by Gasteiger charge is 2.40. The normalized spacial score (nSPS) is 28.6. The molecule has 3 unspecified atom stereocenters. The van der Waals surface area contributed by atoms with Gasteiger partial charge in [-0.3, -0.25) is 9.59 Å². The lowest BCUT2D eigenvalue weighted by Gasteiger charge is -2.26. The van der Waals surface area contributed by atoms with Crippen molar-refractivity contribution >= 4 is 5.91 Å². The Hall–Kier alpha value is -1.65. The highest BCUT2D eigenvalue weighted by atomic mass is 16.2. The van der Waals surface area contributed by atoms with Crippen molar-refractivity contribution < 1.29 is 4.79 Å². The number of nitrogens with one attached hydrogen (secondary N) is 1. The molecule has 19 heavy (non-hydrogen) atoms. The van der Waals surface area contributed by atoms with Crippen molar-refractivity contribution in [1.29, 1.82) is 0 Å². The Kier molecular flexibility index (Phi) is 3.12. The summed E-state index contributed by atoms with van der Waals surface area (Å²) in [7, 11) is 1.82. The van der Waals surface area contributed by atoms with Crippen LogP contribution in [0, 0.1) is 17.8 Å². The molecule has 0 spiro atoms. The topological polar surface area (TPSA) is 66.1 Å². The van der Waals surface area contributed by atoms with Gasteiger partial charge in [-0.25, -0.2) is 5.10 Å². The predicted octanol–water partition coefficient (Wildman–Crippen LogP) is 1.28. The first-order chi connectivity index (χ1) is 9.13.